The number of piperazine rings is 1. The molecule has 0 saturated carbocycles. The van der Waals surface area contributed by atoms with Crippen LogP contribution in [-0.2, 0) is 0 Å². The number of halogens is 1. The van der Waals surface area contributed by atoms with Crippen LogP contribution in [0, 0.1) is 11.3 Å². The lowest BCUT2D eigenvalue weighted by Gasteiger charge is -2.40. The molecule has 17 heavy (non-hydrogen) atoms. The van der Waals surface area contributed by atoms with Gasteiger partial charge in [0.05, 0.1) is 16.3 Å². The van der Waals surface area contributed by atoms with Gasteiger partial charge in [-0.25, -0.2) is 0 Å². The van der Waals surface area contributed by atoms with Gasteiger partial charge in [-0.1, -0.05) is 17.7 Å². The Hall–Kier alpha value is -1.24. The minimum absolute atomic E-state index is 0.402. The molecule has 1 aliphatic rings. The van der Waals surface area contributed by atoms with E-state index in [2.05, 4.69) is 29.8 Å². The summed E-state index contributed by atoms with van der Waals surface area (Å²) in [7, 11) is 2.12. The first-order valence-corrected chi connectivity index (χ1v) is 6.15. The summed E-state index contributed by atoms with van der Waals surface area (Å²) in [5.41, 5.74) is 1.55. The van der Waals surface area contributed by atoms with Crippen molar-refractivity contribution in [1.82, 2.24) is 4.90 Å². The summed E-state index contributed by atoms with van der Waals surface area (Å²) in [5.74, 6) is 0. The smallest absolute Gasteiger partial charge is 0.103 e. The Morgan fingerprint density at radius 2 is 2.18 bits per heavy atom. The Morgan fingerprint density at radius 1 is 1.41 bits per heavy atom. The Kier molecular flexibility index (Phi) is 3.56. The van der Waals surface area contributed by atoms with Crippen molar-refractivity contribution in [3.8, 4) is 6.07 Å². The topological polar surface area (TPSA) is 30.3 Å². The van der Waals surface area contributed by atoms with Crippen LogP contribution in [0.4, 0.5) is 5.69 Å². The van der Waals surface area contributed by atoms with Crippen molar-refractivity contribution in [2.45, 2.75) is 13.0 Å². The molecule has 0 spiro atoms. The molecule has 0 aliphatic carbocycles. The number of hydrogen-bond donors (Lipinski definition) is 0. The number of nitriles is 1. The Balaban J connectivity index is 2.35. The highest BCUT2D eigenvalue weighted by atomic mass is 35.5. The summed E-state index contributed by atoms with van der Waals surface area (Å²) in [5, 5.41) is 9.73. The van der Waals surface area contributed by atoms with Crippen LogP contribution < -0.4 is 4.90 Å². The number of anilines is 1. The average molecular weight is 250 g/mol. The van der Waals surface area contributed by atoms with Crippen LogP contribution in [-0.4, -0.2) is 37.6 Å². The van der Waals surface area contributed by atoms with Gasteiger partial charge in [0.25, 0.3) is 0 Å². The molecule has 1 aromatic carbocycles. The summed E-state index contributed by atoms with van der Waals surface area (Å²) in [4.78, 5) is 4.57. The van der Waals surface area contributed by atoms with Crippen LogP contribution in [0.2, 0.25) is 5.02 Å². The Bertz CT molecular complexity index is 452. The van der Waals surface area contributed by atoms with Crippen molar-refractivity contribution in [2.75, 3.05) is 31.6 Å². The van der Waals surface area contributed by atoms with E-state index in [-0.39, 0.29) is 0 Å². The van der Waals surface area contributed by atoms with Gasteiger partial charge in [0, 0.05) is 25.7 Å². The van der Waals surface area contributed by atoms with Crippen molar-refractivity contribution in [2.24, 2.45) is 0 Å². The summed E-state index contributed by atoms with van der Waals surface area (Å²) < 4.78 is 0. The molecule has 1 fully saturated rings. The quantitative estimate of drug-likeness (QED) is 0.766. The van der Waals surface area contributed by atoms with Crippen LogP contribution >= 0.6 is 11.6 Å². The molecule has 1 aliphatic heterocycles. The van der Waals surface area contributed by atoms with Gasteiger partial charge in [-0.05, 0) is 26.1 Å². The Labute approximate surface area is 107 Å². The summed E-state index contributed by atoms with van der Waals surface area (Å²) in [6.45, 7) is 5.14. The van der Waals surface area contributed by atoms with E-state index in [0.717, 1.165) is 25.3 Å². The fourth-order valence-corrected chi connectivity index (χ4v) is 2.57. The van der Waals surface area contributed by atoms with Crippen LogP contribution in [0.15, 0.2) is 18.2 Å². The van der Waals surface area contributed by atoms with E-state index in [0.29, 0.717) is 16.6 Å². The molecule has 2 rings (SSSR count). The van der Waals surface area contributed by atoms with Crippen LogP contribution in [0.5, 0.6) is 0 Å². The highest BCUT2D eigenvalue weighted by Gasteiger charge is 2.24. The lowest BCUT2D eigenvalue weighted by atomic mass is 10.1. The molecular formula is C13H16ClN3. The van der Waals surface area contributed by atoms with Crippen molar-refractivity contribution in [1.29, 1.82) is 5.26 Å². The maximum Gasteiger partial charge on any atom is 0.103 e. The molecule has 1 unspecified atom stereocenters. The van der Waals surface area contributed by atoms with E-state index >= 15 is 0 Å². The van der Waals surface area contributed by atoms with Gasteiger partial charge >= 0.3 is 0 Å². The fourth-order valence-electron chi connectivity index (χ4n) is 2.36. The molecule has 0 amide bonds. The van der Waals surface area contributed by atoms with Crippen LogP contribution in [0.1, 0.15) is 12.5 Å². The lowest BCUT2D eigenvalue weighted by Crippen LogP contribution is -2.50. The molecule has 90 valence electrons. The third-order valence-corrected chi connectivity index (χ3v) is 3.56. The number of nitrogens with zero attached hydrogens (tertiary/aromatic N) is 3. The van der Waals surface area contributed by atoms with Crippen LogP contribution in [0.25, 0.3) is 0 Å². The average Bonchev–Trinajstić information content (AvgIpc) is 2.29. The molecule has 0 aromatic heterocycles. The van der Waals surface area contributed by atoms with E-state index in [9.17, 15) is 5.26 Å². The number of hydrogen-bond acceptors (Lipinski definition) is 3. The van der Waals surface area contributed by atoms with Gasteiger partial charge in [-0.2, -0.15) is 5.26 Å². The van der Waals surface area contributed by atoms with E-state index in [1.54, 1.807) is 6.07 Å². The van der Waals surface area contributed by atoms with E-state index in [1.807, 2.05) is 12.1 Å². The molecule has 3 nitrogen and oxygen atoms in total. The summed E-state index contributed by atoms with van der Waals surface area (Å²) in [6.07, 6.45) is 0. The largest absolute Gasteiger partial charge is 0.365 e. The highest BCUT2D eigenvalue weighted by Crippen LogP contribution is 2.29. The normalized spacial score (nSPS) is 21.3. The van der Waals surface area contributed by atoms with Gasteiger partial charge in [-0.15, -0.1) is 0 Å². The highest BCUT2D eigenvalue weighted by molar-refractivity contribution is 6.32. The maximum absolute atomic E-state index is 9.20. The third kappa shape index (κ3) is 2.38. The van der Waals surface area contributed by atoms with Crippen molar-refractivity contribution < 1.29 is 0 Å². The van der Waals surface area contributed by atoms with Crippen LogP contribution in [0.3, 0.4) is 0 Å². The zero-order valence-electron chi connectivity index (χ0n) is 10.2. The van der Waals surface area contributed by atoms with E-state index in [1.165, 1.54) is 0 Å². The van der Waals surface area contributed by atoms with Gasteiger partial charge in [-0.3, -0.25) is 0 Å². The first-order valence-electron chi connectivity index (χ1n) is 5.77. The number of rotatable bonds is 1. The summed E-state index contributed by atoms with van der Waals surface area (Å²) in [6, 6.07) is 8.26. The lowest BCUT2D eigenvalue weighted by molar-refractivity contribution is 0.275. The fraction of sp³-hybridized carbons (Fsp3) is 0.462. The molecule has 0 radical (unpaired) electrons. The first-order chi connectivity index (χ1) is 8.13. The van der Waals surface area contributed by atoms with E-state index < -0.39 is 0 Å². The second kappa shape index (κ2) is 4.95. The van der Waals surface area contributed by atoms with E-state index in [4.69, 9.17) is 11.6 Å². The molecule has 1 aromatic rings. The predicted octanol–water partition coefficient (Wildman–Crippen LogP) is 2.35. The van der Waals surface area contributed by atoms with Crippen molar-refractivity contribution in [3.05, 3.63) is 28.8 Å². The standard InChI is InChI=1S/C13H16ClN3/c1-10-9-16(2)6-7-17(10)13-5-3-4-12(14)11(13)8-15/h3-5,10H,6-7,9H2,1-2H3. The van der Waals surface area contributed by atoms with Gasteiger partial charge in [0.2, 0.25) is 0 Å². The molecule has 1 heterocycles. The monoisotopic (exact) mass is 249 g/mol. The molecule has 1 saturated heterocycles. The van der Waals surface area contributed by atoms with Gasteiger partial charge in [0.1, 0.15) is 6.07 Å². The number of benzene rings is 1. The van der Waals surface area contributed by atoms with Crippen molar-refractivity contribution in [3.63, 3.8) is 0 Å². The molecule has 1 atom stereocenters. The first kappa shape index (κ1) is 12.2. The van der Waals surface area contributed by atoms with Crippen molar-refractivity contribution >= 4 is 17.3 Å². The minimum Gasteiger partial charge on any atom is -0.365 e. The molecule has 4 heteroatoms. The second-order valence-corrected chi connectivity index (χ2v) is 4.96. The maximum atomic E-state index is 9.20. The zero-order chi connectivity index (χ0) is 12.4. The number of likely N-dealkylation sites (N-methyl/N-ethyl adjacent to an activating group) is 1. The predicted molar refractivity (Wildman–Crippen MR) is 70.5 cm³/mol. The van der Waals surface area contributed by atoms with Gasteiger partial charge < -0.3 is 9.80 Å². The summed E-state index contributed by atoms with van der Waals surface area (Å²) >= 11 is 6.07. The van der Waals surface area contributed by atoms with Gasteiger partial charge in [0.15, 0.2) is 0 Å². The zero-order valence-corrected chi connectivity index (χ0v) is 10.9. The molecule has 0 N–H and O–H groups in total. The second-order valence-electron chi connectivity index (χ2n) is 4.55. The SMILES string of the molecule is CC1CN(C)CCN1c1cccc(Cl)c1C#N. The molecule has 0 bridgehead atoms. The minimum atomic E-state index is 0.402. The third-order valence-electron chi connectivity index (χ3n) is 3.24. The Morgan fingerprint density at radius 3 is 2.82 bits per heavy atom. The molecular weight excluding hydrogens is 234 g/mol.